The highest BCUT2D eigenvalue weighted by atomic mass is 32.2. The van der Waals surface area contributed by atoms with Gasteiger partial charge in [-0.2, -0.15) is 4.31 Å². The van der Waals surface area contributed by atoms with Crippen LogP contribution in [0.25, 0.3) is 0 Å². The summed E-state index contributed by atoms with van der Waals surface area (Å²) >= 11 is 0. The summed E-state index contributed by atoms with van der Waals surface area (Å²) in [5.74, 6) is 0.403. The number of benzene rings is 1. The summed E-state index contributed by atoms with van der Waals surface area (Å²) in [6, 6.07) is 5.41. The summed E-state index contributed by atoms with van der Waals surface area (Å²) < 4.78 is 27.4. The minimum atomic E-state index is -3.58. The normalized spacial score (nSPS) is 15.4. The Morgan fingerprint density at radius 2 is 1.73 bits per heavy atom. The minimum Gasteiger partial charge on any atom is -0.356 e. The van der Waals surface area contributed by atoms with E-state index in [4.69, 9.17) is 0 Å². The van der Waals surface area contributed by atoms with Crippen LogP contribution >= 0.6 is 0 Å². The third-order valence-corrected chi connectivity index (χ3v) is 7.44. The van der Waals surface area contributed by atoms with Crippen molar-refractivity contribution in [1.82, 2.24) is 14.5 Å². The SMILES string of the molecule is Cc1ccc(C)c(S(=O)(=O)N2CCN(C(=O)CCC(=O)NCCCC(C)C)CC2)c1. The van der Waals surface area contributed by atoms with Crippen LogP contribution < -0.4 is 5.32 Å². The lowest BCUT2D eigenvalue weighted by atomic mass is 10.1. The van der Waals surface area contributed by atoms with Gasteiger partial charge in [0.2, 0.25) is 21.8 Å². The van der Waals surface area contributed by atoms with Crippen molar-refractivity contribution in [1.29, 1.82) is 0 Å². The van der Waals surface area contributed by atoms with Gasteiger partial charge in [-0.15, -0.1) is 0 Å². The van der Waals surface area contributed by atoms with Crippen molar-refractivity contribution in [3.05, 3.63) is 29.3 Å². The van der Waals surface area contributed by atoms with E-state index in [1.165, 1.54) is 4.31 Å². The highest BCUT2D eigenvalue weighted by molar-refractivity contribution is 7.89. The molecule has 1 saturated heterocycles. The van der Waals surface area contributed by atoms with E-state index < -0.39 is 10.0 Å². The zero-order chi connectivity index (χ0) is 22.3. The van der Waals surface area contributed by atoms with Gasteiger partial charge in [0, 0.05) is 45.6 Å². The Labute approximate surface area is 180 Å². The predicted octanol–water partition coefficient (Wildman–Crippen LogP) is 2.47. The molecule has 7 nitrogen and oxygen atoms in total. The smallest absolute Gasteiger partial charge is 0.243 e. The number of hydrogen-bond acceptors (Lipinski definition) is 4. The molecule has 0 aliphatic carbocycles. The van der Waals surface area contributed by atoms with Gasteiger partial charge in [-0.3, -0.25) is 9.59 Å². The number of carbonyl (C=O) groups is 2. The molecule has 0 aromatic heterocycles. The van der Waals surface area contributed by atoms with Gasteiger partial charge >= 0.3 is 0 Å². The zero-order valence-electron chi connectivity index (χ0n) is 18.6. The fourth-order valence-electron chi connectivity index (χ4n) is 3.51. The molecule has 168 valence electrons. The van der Waals surface area contributed by atoms with Crippen molar-refractivity contribution in [2.75, 3.05) is 32.7 Å². The first-order chi connectivity index (χ1) is 14.1. The lowest BCUT2D eigenvalue weighted by molar-refractivity contribution is -0.134. The molecule has 0 bridgehead atoms. The lowest BCUT2D eigenvalue weighted by Gasteiger charge is -2.34. The molecule has 30 heavy (non-hydrogen) atoms. The van der Waals surface area contributed by atoms with E-state index in [-0.39, 0.29) is 37.7 Å². The molecule has 0 saturated carbocycles. The first-order valence-electron chi connectivity index (χ1n) is 10.7. The first kappa shape index (κ1) is 24.3. The molecule has 0 spiro atoms. The summed E-state index contributed by atoms with van der Waals surface area (Å²) in [4.78, 5) is 26.3. The Kier molecular flexibility index (Phi) is 8.85. The molecule has 1 aliphatic rings. The number of carbonyl (C=O) groups excluding carboxylic acids is 2. The van der Waals surface area contributed by atoms with E-state index in [0.29, 0.717) is 30.4 Å². The lowest BCUT2D eigenvalue weighted by Crippen LogP contribution is -2.50. The number of hydrogen-bond donors (Lipinski definition) is 1. The van der Waals surface area contributed by atoms with Crippen LogP contribution in [0.4, 0.5) is 0 Å². The fourth-order valence-corrected chi connectivity index (χ4v) is 5.24. The number of piperazine rings is 1. The summed E-state index contributed by atoms with van der Waals surface area (Å²) in [6.45, 7) is 9.82. The van der Waals surface area contributed by atoms with Gasteiger partial charge in [0.15, 0.2) is 0 Å². The number of rotatable bonds is 9. The van der Waals surface area contributed by atoms with Gasteiger partial charge in [0.1, 0.15) is 0 Å². The van der Waals surface area contributed by atoms with Gasteiger partial charge in [0.25, 0.3) is 0 Å². The second-order valence-electron chi connectivity index (χ2n) is 8.44. The van der Waals surface area contributed by atoms with Crippen molar-refractivity contribution >= 4 is 21.8 Å². The molecule has 1 N–H and O–H groups in total. The number of amides is 2. The Morgan fingerprint density at radius 1 is 1.07 bits per heavy atom. The third kappa shape index (κ3) is 6.80. The van der Waals surface area contributed by atoms with Crippen LogP contribution in [0.1, 0.15) is 50.7 Å². The molecular weight excluding hydrogens is 402 g/mol. The maximum Gasteiger partial charge on any atom is 0.243 e. The quantitative estimate of drug-likeness (QED) is 0.601. The number of aryl methyl sites for hydroxylation is 2. The van der Waals surface area contributed by atoms with Gasteiger partial charge < -0.3 is 10.2 Å². The van der Waals surface area contributed by atoms with Crippen LogP contribution in [0.3, 0.4) is 0 Å². The molecule has 1 heterocycles. The molecule has 1 aromatic rings. The van der Waals surface area contributed by atoms with Crippen LogP contribution in [0.5, 0.6) is 0 Å². The number of nitrogens with zero attached hydrogens (tertiary/aromatic N) is 2. The van der Waals surface area contributed by atoms with Crippen molar-refractivity contribution in [3.8, 4) is 0 Å². The molecule has 1 aromatic carbocycles. The van der Waals surface area contributed by atoms with Gasteiger partial charge in [-0.1, -0.05) is 26.0 Å². The molecule has 0 radical (unpaired) electrons. The standard InChI is InChI=1S/C22H35N3O4S/c1-17(2)6-5-11-23-21(26)9-10-22(27)24-12-14-25(15-13-24)30(28,29)20-16-18(3)7-8-19(20)4/h7-8,16-17H,5-6,9-15H2,1-4H3,(H,23,26). The minimum absolute atomic E-state index is 0.101. The summed E-state index contributed by atoms with van der Waals surface area (Å²) in [5, 5.41) is 2.85. The van der Waals surface area contributed by atoms with Gasteiger partial charge in [-0.25, -0.2) is 8.42 Å². The maximum absolute atomic E-state index is 13.0. The Morgan fingerprint density at radius 3 is 2.37 bits per heavy atom. The second-order valence-corrected chi connectivity index (χ2v) is 10.3. The second kappa shape index (κ2) is 10.9. The molecule has 8 heteroatoms. The first-order valence-corrected chi connectivity index (χ1v) is 12.2. The number of sulfonamides is 1. The Balaban J connectivity index is 1.80. The van der Waals surface area contributed by atoms with Crippen LogP contribution in [0.15, 0.2) is 23.1 Å². The van der Waals surface area contributed by atoms with E-state index in [1.54, 1.807) is 17.9 Å². The van der Waals surface area contributed by atoms with Crippen LogP contribution in [0, 0.1) is 19.8 Å². The maximum atomic E-state index is 13.0. The molecule has 2 rings (SSSR count). The third-order valence-electron chi connectivity index (χ3n) is 5.40. The van der Waals surface area contributed by atoms with Crippen molar-refractivity contribution in [2.45, 2.75) is 58.3 Å². The van der Waals surface area contributed by atoms with E-state index in [9.17, 15) is 18.0 Å². The molecule has 0 unspecified atom stereocenters. The monoisotopic (exact) mass is 437 g/mol. The summed E-state index contributed by atoms with van der Waals surface area (Å²) in [6.07, 6.45) is 2.32. The largest absolute Gasteiger partial charge is 0.356 e. The average molecular weight is 438 g/mol. The summed E-state index contributed by atoms with van der Waals surface area (Å²) in [5.41, 5.74) is 1.62. The predicted molar refractivity (Wildman–Crippen MR) is 118 cm³/mol. The topological polar surface area (TPSA) is 86.8 Å². The molecule has 0 atom stereocenters. The van der Waals surface area contributed by atoms with Crippen molar-refractivity contribution in [2.24, 2.45) is 5.92 Å². The summed E-state index contributed by atoms with van der Waals surface area (Å²) in [7, 11) is -3.58. The molecule has 2 amide bonds. The zero-order valence-corrected chi connectivity index (χ0v) is 19.4. The number of nitrogens with one attached hydrogen (secondary N) is 1. The average Bonchev–Trinajstić information content (AvgIpc) is 2.71. The van der Waals surface area contributed by atoms with Gasteiger partial charge in [0.05, 0.1) is 4.90 Å². The molecule has 1 aliphatic heterocycles. The van der Waals surface area contributed by atoms with Crippen LogP contribution in [0.2, 0.25) is 0 Å². The van der Waals surface area contributed by atoms with E-state index in [1.807, 2.05) is 19.1 Å². The van der Waals surface area contributed by atoms with Crippen LogP contribution in [-0.4, -0.2) is 62.2 Å². The fraction of sp³-hybridized carbons (Fsp3) is 0.636. The Bertz CT molecular complexity index is 844. The van der Waals surface area contributed by atoms with E-state index >= 15 is 0 Å². The Hall–Kier alpha value is -1.93. The van der Waals surface area contributed by atoms with Gasteiger partial charge in [-0.05, 0) is 49.8 Å². The van der Waals surface area contributed by atoms with E-state index in [0.717, 1.165) is 24.0 Å². The molecular formula is C22H35N3O4S. The highest BCUT2D eigenvalue weighted by Gasteiger charge is 2.31. The van der Waals surface area contributed by atoms with Crippen molar-refractivity contribution < 1.29 is 18.0 Å². The van der Waals surface area contributed by atoms with Crippen LogP contribution in [-0.2, 0) is 19.6 Å². The van der Waals surface area contributed by atoms with E-state index in [2.05, 4.69) is 19.2 Å². The van der Waals surface area contributed by atoms with Crippen molar-refractivity contribution in [3.63, 3.8) is 0 Å². The highest BCUT2D eigenvalue weighted by Crippen LogP contribution is 2.22. The molecule has 1 fully saturated rings.